The van der Waals surface area contributed by atoms with Crippen molar-refractivity contribution < 1.29 is 4.79 Å². The van der Waals surface area contributed by atoms with Gasteiger partial charge in [-0.25, -0.2) is 4.98 Å². The molecule has 1 aromatic carbocycles. The molecule has 0 saturated carbocycles. The number of thiophene rings is 1. The number of aromatic nitrogens is 1. The lowest BCUT2D eigenvalue weighted by Gasteiger charge is -1.95. The van der Waals surface area contributed by atoms with Gasteiger partial charge in [-0.3, -0.25) is 4.79 Å². The van der Waals surface area contributed by atoms with Crippen molar-refractivity contribution in [2.75, 3.05) is 0 Å². The number of rotatable bonds is 3. The number of hydrogen-bond donors (Lipinski definition) is 0. The van der Waals surface area contributed by atoms with Crippen molar-refractivity contribution in [3.63, 3.8) is 0 Å². The standard InChI is InChI=1S/C15H11NOS2/c1-10-13(12-8-5-9-18-12)16-15(19-10)14(17)11-6-3-2-4-7-11/h2-9H,1H3. The van der Waals surface area contributed by atoms with Gasteiger partial charge in [0.2, 0.25) is 5.78 Å². The molecular weight excluding hydrogens is 274 g/mol. The van der Waals surface area contributed by atoms with Crippen molar-refractivity contribution >= 4 is 28.5 Å². The second-order valence-corrected chi connectivity index (χ2v) is 6.25. The topological polar surface area (TPSA) is 30.0 Å². The fourth-order valence-electron chi connectivity index (χ4n) is 1.85. The summed E-state index contributed by atoms with van der Waals surface area (Å²) in [5.41, 5.74) is 1.62. The van der Waals surface area contributed by atoms with Crippen molar-refractivity contribution in [2.45, 2.75) is 6.92 Å². The highest BCUT2D eigenvalue weighted by molar-refractivity contribution is 7.16. The molecule has 3 aromatic rings. The largest absolute Gasteiger partial charge is 0.286 e. The van der Waals surface area contributed by atoms with E-state index in [1.54, 1.807) is 11.3 Å². The first-order valence-electron chi connectivity index (χ1n) is 5.87. The molecule has 0 spiro atoms. The molecule has 0 atom stereocenters. The van der Waals surface area contributed by atoms with E-state index in [-0.39, 0.29) is 5.78 Å². The lowest BCUT2D eigenvalue weighted by molar-refractivity contribution is 0.103. The summed E-state index contributed by atoms with van der Waals surface area (Å²) in [7, 11) is 0. The maximum atomic E-state index is 12.3. The fraction of sp³-hybridized carbons (Fsp3) is 0.0667. The summed E-state index contributed by atoms with van der Waals surface area (Å²) in [6, 6.07) is 13.3. The van der Waals surface area contributed by atoms with E-state index in [1.807, 2.05) is 54.8 Å². The molecule has 2 nitrogen and oxygen atoms in total. The van der Waals surface area contributed by atoms with E-state index < -0.39 is 0 Å². The Morgan fingerprint density at radius 2 is 1.89 bits per heavy atom. The van der Waals surface area contributed by atoms with Gasteiger partial charge in [0.1, 0.15) is 0 Å². The number of hydrogen-bond acceptors (Lipinski definition) is 4. The third-order valence-corrected chi connectivity index (χ3v) is 4.63. The van der Waals surface area contributed by atoms with Gasteiger partial charge in [-0.2, -0.15) is 0 Å². The summed E-state index contributed by atoms with van der Waals surface area (Å²) in [5, 5.41) is 2.58. The van der Waals surface area contributed by atoms with Crippen LogP contribution in [0.1, 0.15) is 20.2 Å². The second-order valence-electron chi connectivity index (χ2n) is 4.10. The van der Waals surface area contributed by atoms with Gasteiger partial charge in [-0.1, -0.05) is 36.4 Å². The molecule has 0 fully saturated rings. The molecule has 4 heteroatoms. The highest BCUT2D eigenvalue weighted by Gasteiger charge is 2.17. The summed E-state index contributed by atoms with van der Waals surface area (Å²) in [6.45, 7) is 2.01. The zero-order valence-electron chi connectivity index (χ0n) is 10.3. The Kier molecular flexibility index (Phi) is 3.27. The van der Waals surface area contributed by atoms with Crippen LogP contribution in [0, 0.1) is 6.92 Å². The quantitative estimate of drug-likeness (QED) is 0.667. The molecule has 0 N–H and O–H groups in total. The van der Waals surface area contributed by atoms with E-state index >= 15 is 0 Å². The Hall–Kier alpha value is -1.78. The molecule has 0 aliphatic rings. The molecule has 2 heterocycles. The van der Waals surface area contributed by atoms with E-state index in [2.05, 4.69) is 4.98 Å². The summed E-state index contributed by atoms with van der Waals surface area (Å²) in [4.78, 5) is 19.0. The van der Waals surface area contributed by atoms with Crippen LogP contribution >= 0.6 is 22.7 Å². The van der Waals surface area contributed by atoms with Crippen LogP contribution in [0.15, 0.2) is 47.8 Å². The molecule has 0 bridgehead atoms. The Balaban J connectivity index is 2.00. The first-order valence-corrected chi connectivity index (χ1v) is 7.56. The highest BCUT2D eigenvalue weighted by atomic mass is 32.1. The molecule has 3 rings (SSSR count). The minimum Gasteiger partial charge on any atom is -0.286 e. The maximum Gasteiger partial charge on any atom is 0.221 e. The number of carbonyl (C=O) groups is 1. The Morgan fingerprint density at radius 3 is 2.58 bits per heavy atom. The molecule has 0 aliphatic heterocycles. The van der Waals surface area contributed by atoms with Gasteiger partial charge in [-0.15, -0.1) is 22.7 Å². The maximum absolute atomic E-state index is 12.3. The molecule has 0 radical (unpaired) electrons. The molecule has 0 unspecified atom stereocenters. The van der Waals surface area contributed by atoms with Crippen LogP contribution in [-0.4, -0.2) is 10.8 Å². The average Bonchev–Trinajstić information content (AvgIpc) is 3.08. The predicted octanol–water partition coefficient (Wildman–Crippen LogP) is 4.41. The van der Waals surface area contributed by atoms with Crippen LogP contribution in [0.5, 0.6) is 0 Å². The summed E-state index contributed by atoms with van der Waals surface area (Å²) in [5.74, 6) is -0.00324. The first-order chi connectivity index (χ1) is 9.25. The van der Waals surface area contributed by atoms with Crippen LogP contribution in [-0.2, 0) is 0 Å². The third-order valence-electron chi connectivity index (χ3n) is 2.78. The lowest BCUT2D eigenvalue weighted by atomic mass is 10.1. The zero-order chi connectivity index (χ0) is 13.2. The van der Waals surface area contributed by atoms with Gasteiger partial charge >= 0.3 is 0 Å². The average molecular weight is 285 g/mol. The number of benzene rings is 1. The molecule has 0 amide bonds. The van der Waals surface area contributed by atoms with E-state index in [1.165, 1.54) is 11.3 Å². The smallest absolute Gasteiger partial charge is 0.221 e. The van der Waals surface area contributed by atoms with E-state index in [4.69, 9.17) is 0 Å². The van der Waals surface area contributed by atoms with Crippen molar-refractivity contribution in [1.29, 1.82) is 0 Å². The molecule has 0 aliphatic carbocycles. The second kappa shape index (κ2) is 5.07. The van der Waals surface area contributed by atoms with Gasteiger partial charge in [0.15, 0.2) is 5.01 Å². The third kappa shape index (κ3) is 2.37. The summed E-state index contributed by atoms with van der Waals surface area (Å²) in [6.07, 6.45) is 0. The Morgan fingerprint density at radius 1 is 1.11 bits per heavy atom. The number of ketones is 1. The molecular formula is C15H11NOS2. The number of aryl methyl sites for hydroxylation is 1. The number of carbonyl (C=O) groups excluding carboxylic acids is 1. The number of nitrogens with zero attached hydrogens (tertiary/aromatic N) is 1. The van der Waals surface area contributed by atoms with Crippen LogP contribution in [0.3, 0.4) is 0 Å². The van der Waals surface area contributed by atoms with Crippen molar-refractivity contribution in [1.82, 2.24) is 4.98 Å². The minimum atomic E-state index is -0.00324. The Labute approximate surface area is 119 Å². The predicted molar refractivity (Wildman–Crippen MR) is 80.0 cm³/mol. The summed E-state index contributed by atoms with van der Waals surface area (Å²) >= 11 is 3.11. The zero-order valence-corrected chi connectivity index (χ0v) is 11.9. The van der Waals surface area contributed by atoms with Crippen LogP contribution < -0.4 is 0 Å². The highest BCUT2D eigenvalue weighted by Crippen LogP contribution is 2.31. The lowest BCUT2D eigenvalue weighted by Crippen LogP contribution is -1.99. The van der Waals surface area contributed by atoms with E-state index in [0.29, 0.717) is 10.6 Å². The van der Waals surface area contributed by atoms with Crippen molar-refractivity contribution in [3.05, 3.63) is 63.3 Å². The normalized spacial score (nSPS) is 10.6. The van der Waals surface area contributed by atoms with Crippen molar-refractivity contribution in [2.24, 2.45) is 0 Å². The molecule has 2 aromatic heterocycles. The van der Waals surface area contributed by atoms with Crippen LogP contribution in [0.2, 0.25) is 0 Å². The van der Waals surface area contributed by atoms with Gasteiger partial charge in [0, 0.05) is 10.4 Å². The van der Waals surface area contributed by atoms with Crippen LogP contribution in [0.4, 0.5) is 0 Å². The van der Waals surface area contributed by atoms with Gasteiger partial charge in [0.25, 0.3) is 0 Å². The molecule has 0 saturated heterocycles. The van der Waals surface area contributed by atoms with Gasteiger partial charge in [0.05, 0.1) is 10.6 Å². The fourth-order valence-corrected chi connectivity index (χ4v) is 3.57. The first kappa shape index (κ1) is 12.3. The SMILES string of the molecule is Cc1sc(C(=O)c2ccccc2)nc1-c1cccs1. The molecule has 19 heavy (non-hydrogen) atoms. The monoisotopic (exact) mass is 285 g/mol. The van der Waals surface area contributed by atoms with Gasteiger partial charge in [-0.05, 0) is 18.4 Å². The van der Waals surface area contributed by atoms with Gasteiger partial charge < -0.3 is 0 Å². The minimum absolute atomic E-state index is 0.00324. The Bertz CT molecular complexity index is 699. The number of thiazole rings is 1. The molecule has 94 valence electrons. The van der Waals surface area contributed by atoms with E-state index in [0.717, 1.165) is 15.4 Å². The van der Waals surface area contributed by atoms with Crippen molar-refractivity contribution in [3.8, 4) is 10.6 Å². The van der Waals surface area contributed by atoms with E-state index in [9.17, 15) is 4.79 Å². The van der Waals surface area contributed by atoms with Crippen LogP contribution in [0.25, 0.3) is 10.6 Å². The summed E-state index contributed by atoms with van der Waals surface area (Å²) < 4.78 is 0.